The Morgan fingerprint density at radius 1 is 1.35 bits per heavy atom. The van der Waals surface area contributed by atoms with Crippen molar-refractivity contribution >= 4 is 11.9 Å². The second-order valence-electron chi connectivity index (χ2n) is 6.72. The first-order chi connectivity index (χ1) is 9.27. The Morgan fingerprint density at radius 2 is 1.90 bits per heavy atom. The lowest BCUT2D eigenvalue weighted by molar-refractivity contribution is -0.151. The summed E-state index contributed by atoms with van der Waals surface area (Å²) in [6.45, 7) is 6.35. The van der Waals surface area contributed by atoms with Crippen LogP contribution in [0, 0.1) is 17.3 Å². The number of nitrogens with two attached hydrogens (primary N) is 1. The van der Waals surface area contributed by atoms with Crippen LogP contribution < -0.4 is 11.1 Å². The van der Waals surface area contributed by atoms with Gasteiger partial charge < -0.3 is 16.2 Å². The highest BCUT2D eigenvalue weighted by Gasteiger charge is 2.41. The molecule has 0 spiro atoms. The number of carbonyl (C=O) groups excluding carboxylic acids is 1. The summed E-state index contributed by atoms with van der Waals surface area (Å²) in [4.78, 5) is 23.5. The molecule has 5 nitrogen and oxygen atoms in total. The zero-order valence-electron chi connectivity index (χ0n) is 12.8. The fourth-order valence-electron chi connectivity index (χ4n) is 2.78. The number of aliphatic carboxylic acids is 1. The molecule has 1 fully saturated rings. The van der Waals surface area contributed by atoms with Crippen molar-refractivity contribution < 1.29 is 14.7 Å². The summed E-state index contributed by atoms with van der Waals surface area (Å²) in [6, 6.07) is -0.552. The van der Waals surface area contributed by atoms with E-state index in [4.69, 9.17) is 5.73 Å². The van der Waals surface area contributed by atoms with E-state index in [1.165, 1.54) is 0 Å². The third kappa shape index (κ3) is 4.47. The van der Waals surface area contributed by atoms with Crippen LogP contribution in [-0.2, 0) is 9.59 Å². The standard InChI is InChI=1S/C15H28N2O3/c1-10(2)8-12(16)13(18)17-9-15(14(19)20)6-4-11(3)5-7-15/h10-12H,4-9,16H2,1-3H3,(H,17,18)(H,19,20)/t11?,12-,15?/m0/s1. The van der Waals surface area contributed by atoms with E-state index in [0.29, 0.717) is 31.1 Å². The second-order valence-corrected chi connectivity index (χ2v) is 6.72. The molecule has 20 heavy (non-hydrogen) atoms. The monoisotopic (exact) mass is 284 g/mol. The summed E-state index contributed by atoms with van der Waals surface area (Å²) < 4.78 is 0. The molecule has 0 bridgehead atoms. The Balaban J connectivity index is 2.56. The maximum Gasteiger partial charge on any atom is 0.311 e. The van der Waals surface area contributed by atoms with Crippen molar-refractivity contribution in [1.82, 2.24) is 5.32 Å². The predicted octanol–water partition coefficient (Wildman–Crippen LogP) is 1.76. The third-order valence-electron chi connectivity index (χ3n) is 4.35. The quantitative estimate of drug-likeness (QED) is 0.693. The van der Waals surface area contributed by atoms with Crippen LogP contribution in [0.25, 0.3) is 0 Å². The summed E-state index contributed by atoms with van der Waals surface area (Å²) in [5.41, 5.74) is 5.01. The Bertz CT molecular complexity index is 347. The van der Waals surface area contributed by atoms with Gasteiger partial charge in [0.2, 0.25) is 5.91 Å². The van der Waals surface area contributed by atoms with Crippen molar-refractivity contribution in [3.8, 4) is 0 Å². The van der Waals surface area contributed by atoms with E-state index in [1.807, 2.05) is 13.8 Å². The molecule has 1 atom stereocenters. The molecule has 4 N–H and O–H groups in total. The molecule has 1 amide bonds. The number of amides is 1. The van der Waals surface area contributed by atoms with Gasteiger partial charge in [-0.05, 0) is 43.9 Å². The number of hydrogen-bond acceptors (Lipinski definition) is 3. The van der Waals surface area contributed by atoms with Gasteiger partial charge in [-0.25, -0.2) is 0 Å². The Hall–Kier alpha value is -1.10. The van der Waals surface area contributed by atoms with Crippen LogP contribution in [0.4, 0.5) is 0 Å². The molecule has 0 aliphatic heterocycles. The first kappa shape index (κ1) is 17.0. The highest BCUT2D eigenvalue weighted by atomic mass is 16.4. The zero-order valence-corrected chi connectivity index (χ0v) is 12.8. The molecular formula is C15H28N2O3. The molecule has 116 valence electrons. The van der Waals surface area contributed by atoms with Crippen molar-refractivity contribution in [1.29, 1.82) is 0 Å². The molecule has 1 saturated carbocycles. The minimum absolute atomic E-state index is 0.194. The topological polar surface area (TPSA) is 92.4 Å². The van der Waals surface area contributed by atoms with E-state index < -0.39 is 17.4 Å². The number of hydrogen-bond donors (Lipinski definition) is 3. The molecule has 0 aromatic heterocycles. The summed E-state index contributed by atoms with van der Waals surface area (Å²) in [6.07, 6.45) is 3.68. The zero-order chi connectivity index (χ0) is 15.3. The molecule has 0 radical (unpaired) electrons. The number of carboxylic acid groups (broad SMARTS) is 1. The number of nitrogens with one attached hydrogen (secondary N) is 1. The molecular weight excluding hydrogens is 256 g/mol. The normalized spacial score (nSPS) is 28.1. The molecule has 0 unspecified atom stereocenters. The van der Waals surface area contributed by atoms with Crippen molar-refractivity contribution in [2.24, 2.45) is 23.0 Å². The summed E-state index contributed by atoms with van der Waals surface area (Å²) >= 11 is 0. The lowest BCUT2D eigenvalue weighted by Crippen LogP contribution is -2.49. The van der Waals surface area contributed by atoms with E-state index in [-0.39, 0.29) is 12.5 Å². The van der Waals surface area contributed by atoms with Gasteiger partial charge in [-0.1, -0.05) is 20.8 Å². The number of rotatable bonds is 6. The largest absolute Gasteiger partial charge is 0.481 e. The van der Waals surface area contributed by atoms with Crippen molar-refractivity contribution in [3.63, 3.8) is 0 Å². The van der Waals surface area contributed by atoms with Gasteiger partial charge in [-0.2, -0.15) is 0 Å². The second kappa shape index (κ2) is 7.07. The maximum absolute atomic E-state index is 11.9. The van der Waals surface area contributed by atoms with Crippen molar-refractivity contribution in [3.05, 3.63) is 0 Å². The predicted molar refractivity (Wildman–Crippen MR) is 78.1 cm³/mol. The fourth-order valence-corrected chi connectivity index (χ4v) is 2.78. The van der Waals surface area contributed by atoms with Gasteiger partial charge in [-0.15, -0.1) is 0 Å². The van der Waals surface area contributed by atoms with Gasteiger partial charge in [0.05, 0.1) is 11.5 Å². The number of carboxylic acids is 1. The smallest absolute Gasteiger partial charge is 0.311 e. The minimum Gasteiger partial charge on any atom is -0.481 e. The maximum atomic E-state index is 11.9. The van der Waals surface area contributed by atoms with Crippen LogP contribution in [0.3, 0.4) is 0 Å². The average Bonchev–Trinajstić information content (AvgIpc) is 2.37. The van der Waals surface area contributed by atoms with E-state index in [0.717, 1.165) is 12.8 Å². The SMILES string of the molecule is CC(C)C[C@H](N)C(=O)NCC1(C(=O)O)CCC(C)CC1. The van der Waals surface area contributed by atoms with Gasteiger partial charge in [0, 0.05) is 6.54 Å². The van der Waals surface area contributed by atoms with Gasteiger partial charge in [0.25, 0.3) is 0 Å². The molecule has 1 aliphatic rings. The van der Waals surface area contributed by atoms with Crippen LogP contribution in [0.15, 0.2) is 0 Å². The van der Waals surface area contributed by atoms with Gasteiger partial charge in [0.1, 0.15) is 0 Å². The van der Waals surface area contributed by atoms with Crippen LogP contribution >= 0.6 is 0 Å². The Morgan fingerprint density at radius 3 is 2.35 bits per heavy atom. The molecule has 0 saturated heterocycles. The van der Waals surface area contributed by atoms with E-state index >= 15 is 0 Å². The molecule has 1 aliphatic carbocycles. The van der Waals surface area contributed by atoms with Crippen LogP contribution in [-0.4, -0.2) is 29.6 Å². The van der Waals surface area contributed by atoms with E-state index in [1.54, 1.807) is 0 Å². The van der Waals surface area contributed by atoms with Gasteiger partial charge in [0.15, 0.2) is 0 Å². The van der Waals surface area contributed by atoms with Crippen LogP contribution in [0.5, 0.6) is 0 Å². The number of carbonyl (C=O) groups is 2. The third-order valence-corrected chi connectivity index (χ3v) is 4.35. The van der Waals surface area contributed by atoms with Gasteiger partial charge in [-0.3, -0.25) is 9.59 Å². The minimum atomic E-state index is -0.806. The van der Waals surface area contributed by atoms with Crippen LogP contribution in [0.2, 0.25) is 0 Å². The molecule has 1 rings (SSSR count). The Labute approximate surface area is 121 Å². The lowest BCUT2D eigenvalue weighted by atomic mass is 9.70. The van der Waals surface area contributed by atoms with Gasteiger partial charge >= 0.3 is 5.97 Å². The highest BCUT2D eigenvalue weighted by Crippen LogP contribution is 2.38. The summed E-state index contributed by atoms with van der Waals surface area (Å²) in [5.74, 6) is -0.124. The van der Waals surface area contributed by atoms with E-state index in [9.17, 15) is 14.7 Å². The first-order valence-electron chi connectivity index (χ1n) is 7.53. The van der Waals surface area contributed by atoms with Crippen molar-refractivity contribution in [2.45, 2.75) is 58.9 Å². The summed E-state index contributed by atoms with van der Waals surface area (Å²) in [5, 5.41) is 12.2. The van der Waals surface area contributed by atoms with E-state index in [2.05, 4.69) is 12.2 Å². The highest BCUT2D eigenvalue weighted by molar-refractivity contribution is 5.82. The fraction of sp³-hybridized carbons (Fsp3) is 0.867. The van der Waals surface area contributed by atoms with Crippen molar-refractivity contribution in [2.75, 3.05) is 6.54 Å². The molecule has 5 heteroatoms. The molecule has 0 heterocycles. The first-order valence-corrected chi connectivity index (χ1v) is 7.53. The average molecular weight is 284 g/mol. The molecule has 0 aromatic rings. The Kier molecular flexibility index (Phi) is 5.99. The summed E-state index contributed by atoms with van der Waals surface area (Å²) in [7, 11) is 0. The van der Waals surface area contributed by atoms with Crippen LogP contribution in [0.1, 0.15) is 52.9 Å². The molecule has 0 aromatic carbocycles. The lowest BCUT2D eigenvalue weighted by Gasteiger charge is -2.36.